The van der Waals surface area contributed by atoms with Crippen molar-refractivity contribution in [1.82, 2.24) is 10.2 Å². The molecule has 4 aliphatic rings. The fourth-order valence-corrected chi connectivity index (χ4v) is 4.27. The van der Waals surface area contributed by atoms with Crippen molar-refractivity contribution in [2.45, 2.75) is 63.6 Å². The zero-order valence-electron chi connectivity index (χ0n) is 11.1. The molecule has 0 aromatic carbocycles. The molecule has 1 unspecified atom stereocenters. The van der Waals surface area contributed by atoms with E-state index in [1.165, 1.54) is 51.4 Å². The van der Waals surface area contributed by atoms with Gasteiger partial charge < -0.3 is 4.90 Å². The number of carbonyl (C=O) groups excluding carboxylic acids is 1. The number of nitrogens with zero attached hydrogens (tertiary/aromatic N) is 1. The Morgan fingerprint density at radius 3 is 2.17 bits per heavy atom. The summed E-state index contributed by atoms with van der Waals surface area (Å²) in [6.07, 6.45) is 11.2. The van der Waals surface area contributed by atoms with Crippen molar-refractivity contribution in [3.63, 3.8) is 0 Å². The van der Waals surface area contributed by atoms with Crippen LogP contribution in [0.15, 0.2) is 0 Å². The van der Waals surface area contributed by atoms with Crippen molar-refractivity contribution in [3.05, 3.63) is 0 Å². The van der Waals surface area contributed by atoms with E-state index in [0.29, 0.717) is 24.7 Å². The highest BCUT2D eigenvalue weighted by atomic mass is 16.2. The molecule has 1 heterocycles. The molecule has 4 fully saturated rings. The molecule has 3 nitrogen and oxygen atoms in total. The summed E-state index contributed by atoms with van der Waals surface area (Å²) >= 11 is 0. The molecule has 1 amide bonds. The van der Waals surface area contributed by atoms with Crippen LogP contribution in [0.5, 0.6) is 0 Å². The van der Waals surface area contributed by atoms with Crippen molar-refractivity contribution in [2.75, 3.05) is 6.54 Å². The molecule has 18 heavy (non-hydrogen) atoms. The van der Waals surface area contributed by atoms with Crippen molar-refractivity contribution in [2.24, 2.45) is 17.8 Å². The Balaban J connectivity index is 1.56. The molecule has 1 saturated heterocycles. The summed E-state index contributed by atoms with van der Waals surface area (Å²) in [6, 6.07) is 0.595. The molecule has 100 valence electrons. The summed E-state index contributed by atoms with van der Waals surface area (Å²) < 4.78 is 0. The fraction of sp³-hybridized carbons (Fsp3) is 0.933. The highest BCUT2D eigenvalue weighted by Crippen LogP contribution is 2.49. The Morgan fingerprint density at radius 1 is 1.00 bits per heavy atom. The molecule has 1 aliphatic heterocycles. The Hall–Kier alpha value is -0.570. The molecule has 3 heteroatoms. The maximum atomic E-state index is 12.3. The lowest BCUT2D eigenvalue weighted by Gasteiger charge is -2.36. The van der Waals surface area contributed by atoms with E-state index in [1.807, 2.05) is 0 Å². The van der Waals surface area contributed by atoms with Crippen LogP contribution in [-0.2, 0) is 4.79 Å². The van der Waals surface area contributed by atoms with Gasteiger partial charge in [0.15, 0.2) is 0 Å². The van der Waals surface area contributed by atoms with Crippen LogP contribution < -0.4 is 5.32 Å². The first-order chi connectivity index (χ1) is 8.84. The van der Waals surface area contributed by atoms with Crippen LogP contribution in [0.3, 0.4) is 0 Å². The monoisotopic (exact) mass is 248 g/mol. The van der Waals surface area contributed by atoms with E-state index in [1.54, 1.807) is 0 Å². The summed E-state index contributed by atoms with van der Waals surface area (Å²) in [7, 11) is 0. The molecule has 3 aliphatic carbocycles. The molecule has 0 aromatic rings. The summed E-state index contributed by atoms with van der Waals surface area (Å²) in [4.78, 5) is 14.6. The van der Waals surface area contributed by atoms with Gasteiger partial charge in [0.25, 0.3) is 0 Å². The van der Waals surface area contributed by atoms with Gasteiger partial charge in [-0.1, -0.05) is 12.8 Å². The Labute approximate surface area is 109 Å². The molecule has 0 bridgehead atoms. The number of hydrogen-bond donors (Lipinski definition) is 1. The van der Waals surface area contributed by atoms with Crippen LogP contribution in [0.1, 0.15) is 51.4 Å². The first kappa shape index (κ1) is 11.3. The molecule has 0 spiro atoms. The quantitative estimate of drug-likeness (QED) is 0.826. The van der Waals surface area contributed by atoms with E-state index in [2.05, 4.69) is 10.2 Å². The maximum absolute atomic E-state index is 12.3. The van der Waals surface area contributed by atoms with Gasteiger partial charge in [-0.25, -0.2) is 0 Å². The zero-order chi connectivity index (χ0) is 12.1. The van der Waals surface area contributed by atoms with E-state index in [4.69, 9.17) is 0 Å². The van der Waals surface area contributed by atoms with Gasteiger partial charge in [-0.3, -0.25) is 10.1 Å². The minimum atomic E-state index is 0.381. The maximum Gasteiger partial charge on any atom is 0.238 e. The summed E-state index contributed by atoms with van der Waals surface area (Å²) in [5.41, 5.74) is 0. The highest BCUT2D eigenvalue weighted by Gasteiger charge is 2.51. The SMILES string of the molecule is O=C1CNC(C2CCCC2)N1C(C1CC1)C1CC1. The first-order valence-corrected chi connectivity index (χ1v) is 7.89. The summed E-state index contributed by atoms with van der Waals surface area (Å²) in [5, 5.41) is 3.52. The summed E-state index contributed by atoms with van der Waals surface area (Å²) in [5.74, 6) is 2.79. The Bertz CT molecular complexity index is 330. The van der Waals surface area contributed by atoms with Crippen LogP contribution in [0.2, 0.25) is 0 Å². The molecular weight excluding hydrogens is 224 g/mol. The van der Waals surface area contributed by atoms with E-state index in [9.17, 15) is 4.79 Å². The van der Waals surface area contributed by atoms with Crippen LogP contribution in [0, 0.1) is 17.8 Å². The van der Waals surface area contributed by atoms with E-state index < -0.39 is 0 Å². The summed E-state index contributed by atoms with van der Waals surface area (Å²) in [6.45, 7) is 0.594. The van der Waals surface area contributed by atoms with Gasteiger partial charge in [-0.2, -0.15) is 0 Å². The largest absolute Gasteiger partial charge is 0.322 e. The lowest BCUT2D eigenvalue weighted by atomic mass is 9.99. The van der Waals surface area contributed by atoms with Gasteiger partial charge >= 0.3 is 0 Å². The minimum Gasteiger partial charge on any atom is -0.322 e. The van der Waals surface area contributed by atoms with Gasteiger partial charge in [-0.05, 0) is 56.3 Å². The van der Waals surface area contributed by atoms with Crippen molar-refractivity contribution >= 4 is 5.91 Å². The smallest absolute Gasteiger partial charge is 0.238 e. The van der Waals surface area contributed by atoms with Crippen molar-refractivity contribution in [1.29, 1.82) is 0 Å². The third-order valence-electron chi connectivity index (χ3n) is 5.43. The Morgan fingerprint density at radius 2 is 1.61 bits per heavy atom. The third kappa shape index (κ3) is 1.87. The van der Waals surface area contributed by atoms with Crippen LogP contribution in [-0.4, -0.2) is 29.6 Å². The number of nitrogens with one attached hydrogen (secondary N) is 1. The van der Waals surface area contributed by atoms with Crippen molar-refractivity contribution in [3.8, 4) is 0 Å². The molecule has 4 rings (SSSR count). The molecular formula is C15H24N2O. The number of carbonyl (C=O) groups is 1. The van der Waals surface area contributed by atoms with E-state index >= 15 is 0 Å². The number of rotatable bonds is 4. The predicted molar refractivity (Wildman–Crippen MR) is 69.8 cm³/mol. The lowest BCUT2D eigenvalue weighted by molar-refractivity contribution is -0.132. The molecule has 1 atom stereocenters. The van der Waals surface area contributed by atoms with Gasteiger partial charge in [-0.15, -0.1) is 0 Å². The second kappa shape index (κ2) is 4.22. The van der Waals surface area contributed by atoms with Gasteiger partial charge in [0.2, 0.25) is 5.91 Å². The van der Waals surface area contributed by atoms with Crippen LogP contribution in [0.4, 0.5) is 0 Å². The molecule has 0 radical (unpaired) electrons. The van der Waals surface area contributed by atoms with Crippen LogP contribution >= 0.6 is 0 Å². The highest BCUT2D eigenvalue weighted by molar-refractivity contribution is 5.81. The zero-order valence-corrected chi connectivity index (χ0v) is 11.1. The van der Waals surface area contributed by atoms with Crippen molar-refractivity contribution < 1.29 is 4.79 Å². The predicted octanol–water partition coefficient (Wildman–Crippen LogP) is 2.12. The number of hydrogen-bond acceptors (Lipinski definition) is 2. The topological polar surface area (TPSA) is 32.3 Å². The van der Waals surface area contributed by atoms with E-state index in [-0.39, 0.29) is 0 Å². The average molecular weight is 248 g/mol. The lowest BCUT2D eigenvalue weighted by Crippen LogP contribution is -2.50. The minimum absolute atomic E-state index is 0.381. The third-order valence-corrected chi connectivity index (χ3v) is 5.43. The van der Waals surface area contributed by atoms with Gasteiger partial charge in [0, 0.05) is 6.04 Å². The van der Waals surface area contributed by atoms with Crippen LogP contribution in [0.25, 0.3) is 0 Å². The Kier molecular flexibility index (Phi) is 2.65. The first-order valence-electron chi connectivity index (χ1n) is 7.89. The van der Waals surface area contributed by atoms with Gasteiger partial charge in [0.05, 0.1) is 12.7 Å². The molecule has 1 N–H and O–H groups in total. The molecule has 3 saturated carbocycles. The average Bonchev–Trinajstić information content (AvgIpc) is 3.27. The van der Waals surface area contributed by atoms with Gasteiger partial charge in [0.1, 0.15) is 0 Å². The fourth-order valence-electron chi connectivity index (χ4n) is 4.27. The van der Waals surface area contributed by atoms with E-state index in [0.717, 1.165) is 17.8 Å². The molecule has 0 aromatic heterocycles. The normalized spacial score (nSPS) is 33.9. The number of amides is 1. The second-order valence-corrected chi connectivity index (χ2v) is 6.84. The second-order valence-electron chi connectivity index (χ2n) is 6.84. The standard InChI is InChI=1S/C15H24N2O/c18-13-9-16-15(12-3-1-2-4-12)17(13)14(10-5-6-10)11-7-8-11/h10-12,14-16H,1-9H2.